The van der Waals surface area contributed by atoms with Crippen molar-refractivity contribution in [2.75, 3.05) is 0 Å². The highest BCUT2D eigenvalue weighted by molar-refractivity contribution is 7.99. The first-order valence-electron chi connectivity index (χ1n) is 5.18. The second-order valence-electron chi connectivity index (χ2n) is 3.43. The summed E-state index contributed by atoms with van der Waals surface area (Å²) in [7, 11) is 0. The Labute approximate surface area is 98.7 Å². The Morgan fingerprint density at radius 3 is 2.88 bits per heavy atom. The molecule has 0 aliphatic heterocycles. The molecule has 16 heavy (non-hydrogen) atoms. The second-order valence-corrected chi connectivity index (χ2v) is 4.49. The molecule has 0 spiro atoms. The van der Waals surface area contributed by atoms with Gasteiger partial charge in [0.2, 0.25) is 0 Å². The maximum Gasteiger partial charge on any atom is 0.170 e. The van der Waals surface area contributed by atoms with Gasteiger partial charge in [0.05, 0.1) is 5.69 Å². The minimum absolute atomic E-state index is 0.0302. The Bertz CT molecular complexity index is 424. The highest BCUT2D eigenvalue weighted by atomic mass is 32.2. The van der Waals surface area contributed by atoms with Gasteiger partial charge in [-0.1, -0.05) is 18.7 Å². The Morgan fingerprint density at radius 1 is 1.44 bits per heavy atom. The van der Waals surface area contributed by atoms with Gasteiger partial charge in [0.1, 0.15) is 0 Å². The van der Waals surface area contributed by atoms with E-state index in [1.54, 1.807) is 24.2 Å². The average molecular weight is 234 g/mol. The van der Waals surface area contributed by atoms with E-state index in [0.717, 1.165) is 22.2 Å². The number of aromatic nitrogens is 3. The normalized spacial score (nSPS) is 12.6. The molecule has 2 heterocycles. The zero-order valence-corrected chi connectivity index (χ0v) is 9.87. The molecule has 0 radical (unpaired) electrons. The summed E-state index contributed by atoms with van der Waals surface area (Å²) in [6.45, 7) is 2.05. The van der Waals surface area contributed by atoms with Gasteiger partial charge in [-0.3, -0.25) is 4.98 Å². The van der Waals surface area contributed by atoms with Crippen LogP contribution in [0.1, 0.15) is 25.1 Å². The molecule has 0 bridgehead atoms. The van der Waals surface area contributed by atoms with Gasteiger partial charge >= 0.3 is 0 Å². The number of hydrogen-bond acceptors (Lipinski definition) is 4. The SMILES string of the molecule is CC[C@H](N)c1ccc(Sc2ncc[nH]2)cn1. The molecule has 0 aliphatic rings. The number of imidazole rings is 1. The summed E-state index contributed by atoms with van der Waals surface area (Å²) in [5, 5.41) is 0.870. The van der Waals surface area contributed by atoms with Crippen molar-refractivity contribution in [3.05, 3.63) is 36.4 Å². The molecule has 0 unspecified atom stereocenters. The van der Waals surface area contributed by atoms with Gasteiger partial charge < -0.3 is 10.7 Å². The van der Waals surface area contributed by atoms with Gasteiger partial charge in [0.15, 0.2) is 5.16 Å². The second kappa shape index (κ2) is 5.14. The molecule has 0 saturated heterocycles. The average Bonchev–Trinajstić information content (AvgIpc) is 2.82. The highest BCUT2D eigenvalue weighted by Crippen LogP contribution is 2.24. The van der Waals surface area contributed by atoms with Crippen molar-refractivity contribution in [1.82, 2.24) is 15.0 Å². The van der Waals surface area contributed by atoms with Crippen LogP contribution in [0.2, 0.25) is 0 Å². The van der Waals surface area contributed by atoms with Crippen LogP contribution in [0.4, 0.5) is 0 Å². The predicted molar refractivity (Wildman–Crippen MR) is 64.2 cm³/mol. The summed E-state index contributed by atoms with van der Waals surface area (Å²) in [5.41, 5.74) is 6.83. The zero-order valence-electron chi connectivity index (χ0n) is 9.05. The van der Waals surface area contributed by atoms with Crippen LogP contribution in [0, 0.1) is 0 Å². The molecule has 84 valence electrons. The number of nitrogens with zero attached hydrogens (tertiary/aromatic N) is 2. The standard InChI is InChI=1S/C11H14N4S/c1-2-9(12)10-4-3-8(7-15-10)16-11-13-5-6-14-11/h3-7,9H,2,12H2,1H3,(H,13,14)/t9-/m0/s1. The summed E-state index contributed by atoms with van der Waals surface area (Å²) in [6.07, 6.45) is 6.27. The molecular weight excluding hydrogens is 220 g/mol. The van der Waals surface area contributed by atoms with Gasteiger partial charge in [-0.2, -0.15) is 0 Å². The number of H-pyrrole nitrogens is 1. The lowest BCUT2D eigenvalue weighted by Gasteiger charge is -2.07. The lowest BCUT2D eigenvalue weighted by Crippen LogP contribution is -2.10. The lowest BCUT2D eigenvalue weighted by atomic mass is 10.1. The lowest BCUT2D eigenvalue weighted by molar-refractivity contribution is 0.674. The predicted octanol–water partition coefficient (Wildman–Crippen LogP) is 2.37. The van der Waals surface area contributed by atoms with Crippen LogP contribution < -0.4 is 5.73 Å². The molecule has 3 N–H and O–H groups in total. The third-order valence-corrected chi connectivity index (χ3v) is 3.16. The topological polar surface area (TPSA) is 67.6 Å². The molecule has 0 fully saturated rings. The Kier molecular flexibility index (Phi) is 3.58. The van der Waals surface area contributed by atoms with Gasteiger partial charge in [-0.25, -0.2) is 4.98 Å². The maximum atomic E-state index is 5.89. The van der Waals surface area contributed by atoms with Crippen LogP contribution >= 0.6 is 11.8 Å². The molecule has 0 aromatic carbocycles. The molecule has 1 atom stereocenters. The van der Waals surface area contributed by atoms with Gasteiger partial charge in [-0.05, 0) is 18.6 Å². The number of aromatic amines is 1. The minimum Gasteiger partial charge on any atom is -0.339 e. The number of nitrogens with two attached hydrogens (primary N) is 1. The fraction of sp³-hybridized carbons (Fsp3) is 0.273. The maximum absolute atomic E-state index is 5.89. The van der Waals surface area contributed by atoms with Crippen LogP contribution in [0.15, 0.2) is 40.8 Å². The van der Waals surface area contributed by atoms with Crippen molar-refractivity contribution in [2.24, 2.45) is 5.73 Å². The highest BCUT2D eigenvalue weighted by Gasteiger charge is 2.05. The summed E-state index contributed by atoms with van der Waals surface area (Å²) < 4.78 is 0. The summed E-state index contributed by atoms with van der Waals surface area (Å²) >= 11 is 1.55. The largest absolute Gasteiger partial charge is 0.339 e. The van der Waals surface area contributed by atoms with Crippen molar-refractivity contribution < 1.29 is 0 Å². The van der Waals surface area contributed by atoms with E-state index >= 15 is 0 Å². The first-order valence-corrected chi connectivity index (χ1v) is 6.00. The van der Waals surface area contributed by atoms with Gasteiger partial charge in [-0.15, -0.1) is 0 Å². The van der Waals surface area contributed by atoms with Crippen molar-refractivity contribution in [3.63, 3.8) is 0 Å². The van der Waals surface area contributed by atoms with Crippen molar-refractivity contribution in [3.8, 4) is 0 Å². The Hall–Kier alpha value is -1.33. The van der Waals surface area contributed by atoms with E-state index in [4.69, 9.17) is 5.73 Å². The van der Waals surface area contributed by atoms with E-state index in [2.05, 4.69) is 21.9 Å². The molecule has 2 rings (SSSR count). The molecule has 2 aromatic rings. The fourth-order valence-electron chi connectivity index (χ4n) is 1.30. The molecule has 5 heteroatoms. The quantitative estimate of drug-likeness (QED) is 0.852. The number of hydrogen-bond donors (Lipinski definition) is 2. The van der Waals surface area contributed by atoms with Crippen LogP contribution in [-0.2, 0) is 0 Å². The van der Waals surface area contributed by atoms with E-state index in [0.29, 0.717) is 0 Å². The molecule has 4 nitrogen and oxygen atoms in total. The molecule has 0 aliphatic carbocycles. The van der Waals surface area contributed by atoms with Crippen molar-refractivity contribution >= 4 is 11.8 Å². The number of rotatable bonds is 4. The monoisotopic (exact) mass is 234 g/mol. The van der Waals surface area contributed by atoms with Crippen LogP contribution in [-0.4, -0.2) is 15.0 Å². The summed E-state index contributed by atoms with van der Waals surface area (Å²) in [6, 6.07) is 4.02. The van der Waals surface area contributed by atoms with E-state index in [-0.39, 0.29) is 6.04 Å². The van der Waals surface area contributed by atoms with E-state index < -0.39 is 0 Å². The molecule has 0 amide bonds. The third kappa shape index (κ3) is 2.62. The number of pyridine rings is 1. The fourth-order valence-corrected chi connectivity index (χ4v) is 2.00. The molecule has 0 saturated carbocycles. The van der Waals surface area contributed by atoms with Crippen molar-refractivity contribution in [1.29, 1.82) is 0 Å². The van der Waals surface area contributed by atoms with Gasteiger partial charge in [0.25, 0.3) is 0 Å². The van der Waals surface area contributed by atoms with Crippen molar-refractivity contribution in [2.45, 2.75) is 29.4 Å². The summed E-state index contributed by atoms with van der Waals surface area (Å²) in [5.74, 6) is 0. The molecule has 2 aromatic heterocycles. The molecular formula is C11H14N4S. The van der Waals surface area contributed by atoms with E-state index in [1.165, 1.54) is 0 Å². The van der Waals surface area contributed by atoms with Crippen LogP contribution in [0.5, 0.6) is 0 Å². The zero-order chi connectivity index (χ0) is 11.4. The van der Waals surface area contributed by atoms with Gasteiger partial charge in [0, 0.05) is 29.5 Å². The third-order valence-electron chi connectivity index (χ3n) is 2.27. The minimum atomic E-state index is 0.0302. The van der Waals surface area contributed by atoms with Crippen LogP contribution in [0.25, 0.3) is 0 Å². The number of nitrogens with one attached hydrogen (secondary N) is 1. The first-order chi connectivity index (χ1) is 7.79. The van der Waals surface area contributed by atoms with E-state index in [9.17, 15) is 0 Å². The Morgan fingerprint density at radius 2 is 2.31 bits per heavy atom. The van der Waals surface area contributed by atoms with E-state index in [1.807, 2.05) is 18.3 Å². The Balaban J connectivity index is 2.07. The smallest absolute Gasteiger partial charge is 0.170 e. The first kappa shape index (κ1) is 11.2. The summed E-state index contributed by atoms with van der Waals surface area (Å²) in [4.78, 5) is 12.6. The van der Waals surface area contributed by atoms with Crippen LogP contribution in [0.3, 0.4) is 0 Å².